The third kappa shape index (κ3) is 2.26. The number of carbonyl (C=O) groups is 1. The number of hydrogen-bond acceptors (Lipinski definition) is 3. The Morgan fingerprint density at radius 2 is 2.10 bits per heavy atom. The van der Waals surface area contributed by atoms with E-state index in [4.69, 9.17) is 10.2 Å². The summed E-state index contributed by atoms with van der Waals surface area (Å²) in [7, 11) is 0. The lowest BCUT2D eigenvalue weighted by molar-refractivity contribution is 0.0544. The van der Waals surface area contributed by atoms with Crippen molar-refractivity contribution in [2.75, 3.05) is 12.3 Å². The average molecular weight is 272 g/mol. The number of hydrogen-bond donors (Lipinski definition) is 1. The summed E-state index contributed by atoms with van der Waals surface area (Å²) in [6, 6.07) is 7.49. The minimum absolute atomic E-state index is 0.0150. The maximum Gasteiger partial charge on any atom is 0.289 e. The highest BCUT2D eigenvalue weighted by Gasteiger charge is 2.29. The maximum atomic E-state index is 12.6. The van der Waals surface area contributed by atoms with E-state index in [2.05, 4.69) is 13.8 Å². The summed E-state index contributed by atoms with van der Waals surface area (Å²) in [5.41, 5.74) is 7.14. The zero-order chi connectivity index (χ0) is 14.3. The third-order valence-corrected chi connectivity index (χ3v) is 4.13. The van der Waals surface area contributed by atoms with Gasteiger partial charge in [0.15, 0.2) is 5.76 Å². The van der Waals surface area contributed by atoms with Gasteiger partial charge in [0, 0.05) is 23.7 Å². The summed E-state index contributed by atoms with van der Waals surface area (Å²) in [5, 5.41) is 0.881. The van der Waals surface area contributed by atoms with Gasteiger partial charge in [-0.2, -0.15) is 0 Å². The van der Waals surface area contributed by atoms with Gasteiger partial charge in [0.1, 0.15) is 5.58 Å². The van der Waals surface area contributed by atoms with E-state index in [-0.39, 0.29) is 11.9 Å². The van der Waals surface area contributed by atoms with Gasteiger partial charge in [0.2, 0.25) is 0 Å². The SMILES string of the molecule is CC1CCC(C)N(C(=O)c2cc3cc(N)ccc3o2)C1. The first-order valence-corrected chi connectivity index (χ1v) is 7.14. The molecule has 2 heterocycles. The molecule has 1 saturated heterocycles. The molecule has 2 aromatic rings. The van der Waals surface area contributed by atoms with Crippen LogP contribution in [0, 0.1) is 5.92 Å². The van der Waals surface area contributed by atoms with Crippen LogP contribution in [0.25, 0.3) is 11.0 Å². The number of anilines is 1. The highest BCUT2D eigenvalue weighted by molar-refractivity contribution is 5.96. The van der Waals surface area contributed by atoms with Crippen molar-refractivity contribution < 1.29 is 9.21 Å². The first-order chi connectivity index (χ1) is 9.54. The summed E-state index contributed by atoms with van der Waals surface area (Å²) in [5.74, 6) is 0.945. The van der Waals surface area contributed by atoms with Crippen molar-refractivity contribution >= 4 is 22.6 Å². The van der Waals surface area contributed by atoms with Crippen molar-refractivity contribution in [2.45, 2.75) is 32.7 Å². The topological polar surface area (TPSA) is 59.5 Å². The quantitative estimate of drug-likeness (QED) is 0.810. The Hall–Kier alpha value is -1.97. The van der Waals surface area contributed by atoms with E-state index in [1.54, 1.807) is 12.1 Å². The Morgan fingerprint density at radius 1 is 1.30 bits per heavy atom. The summed E-state index contributed by atoms with van der Waals surface area (Å²) in [6.07, 6.45) is 2.24. The molecule has 1 aromatic heterocycles. The van der Waals surface area contributed by atoms with Crippen molar-refractivity contribution in [3.05, 3.63) is 30.0 Å². The lowest BCUT2D eigenvalue weighted by Gasteiger charge is -2.36. The van der Waals surface area contributed by atoms with Crippen LogP contribution < -0.4 is 5.73 Å². The molecule has 1 amide bonds. The van der Waals surface area contributed by atoms with Crippen LogP contribution in [0.15, 0.2) is 28.7 Å². The van der Waals surface area contributed by atoms with Gasteiger partial charge in [-0.15, -0.1) is 0 Å². The van der Waals surface area contributed by atoms with Crippen molar-refractivity contribution in [3.63, 3.8) is 0 Å². The van der Waals surface area contributed by atoms with Crippen LogP contribution in [0.5, 0.6) is 0 Å². The van der Waals surface area contributed by atoms with Crippen molar-refractivity contribution in [1.82, 2.24) is 4.90 Å². The van der Waals surface area contributed by atoms with E-state index in [1.165, 1.54) is 6.42 Å². The summed E-state index contributed by atoms with van der Waals surface area (Å²) >= 11 is 0. The number of nitrogens with zero attached hydrogens (tertiary/aromatic N) is 1. The standard InChI is InChI=1S/C16H20N2O2/c1-10-3-4-11(2)18(9-10)16(19)15-8-12-7-13(17)5-6-14(12)20-15/h5-8,10-11H,3-4,9,17H2,1-2H3. The minimum atomic E-state index is -0.0150. The largest absolute Gasteiger partial charge is 0.451 e. The van der Waals surface area contributed by atoms with Crippen LogP contribution >= 0.6 is 0 Å². The molecule has 20 heavy (non-hydrogen) atoms. The molecule has 0 radical (unpaired) electrons. The van der Waals surface area contributed by atoms with Crippen LogP contribution in [-0.4, -0.2) is 23.4 Å². The number of rotatable bonds is 1. The molecule has 0 bridgehead atoms. The first-order valence-electron chi connectivity index (χ1n) is 7.14. The van der Waals surface area contributed by atoms with Gasteiger partial charge >= 0.3 is 0 Å². The van der Waals surface area contributed by atoms with Gasteiger partial charge in [0.25, 0.3) is 5.91 Å². The summed E-state index contributed by atoms with van der Waals surface area (Å²) in [4.78, 5) is 14.5. The number of piperidine rings is 1. The van der Waals surface area contributed by atoms with Gasteiger partial charge in [-0.05, 0) is 49.9 Å². The Bertz CT molecular complexity index is 647. The molecular formula is C16H20N2O2. The smallest absolute Gasteiger partial charge is 0.289 e. The molecule has 1 fully saturated rings. The van der Waals surface area contributed by atoms with Gasteiger partial charge in [-0.1, -0.05) is 6.92 Å². The zero-order valence-electron chi connectivity index (χ0n) is 11.9. The number of furan rings is 1. The van der Waals surface area contributed by atoms with Crippen molar-refractivity contribution in [3.8, 4) is 0 Å². The number of fused-ring (bicyclic) bond motifs is 1. The molecule has 0 spiro atoms. The Kier molecular flexibility index (Phi) is 3.16. The summed E-state index contributed by atoms with van der Waals surface area (Å²) in [6.45, 7) is 5.09. The van der Waals surface area contributed by atoms with E-state index in [0.29, 0.717) is 22.9 Å². The zero-order valence-corrected chi connectivity index (χ0v) is 11.9. The minimum Gasteiger partial charge on any atom is -0.451 e. The van der Waals surface area contributed by atoms with E-state index in [0.717, 1.165) is 18.4 Å². The number of nitrogen functional groups attached to an aromatic ring is 1. The number of amides is 1. The molecular weight excluding hydrogens is 252 g/mol. The maximum absolute atomic E-state index is 12.6. The van der Waals surface area contributed by atoms with Crippen LogP contribution in [0.1, 0.15) is 37.2 Å². The van der Waals surface area contributed by atoms with Crippen LogP contribution in [-0.2, 0) is 0 Å². The molecule has 4 heteroatoms. The van der Waals surface area contributed by atoms with Gasteiger partial charge < -0.3 is 15.1 Å². The normalized spacial score (nSPS) is 23.2. The second kappa shape index (κ2) is 4.85. The number of carbonyl (C=O) groups excluding carboxylic acids is 1. The van der Waals surface area contributed by atoms with Gasteiger partial charge in [-0.3, -0.25) is 4.79 Å². The molecule has 106 valence electrons. The fourth-order valence-corrected chi connectivity index (χ4v) is 2.88. The molecule has 2 N–H and O–H groups in total. The van der Waals surface area contributed by atoms with E-state index < -0.39 is 0 Å². The Labute approximate surface area is 118 Å². The predicted octanol–water partition coefficient (Wildman–Crippen LogP) is 3.28. The first kappa shape index (κ1) is 13.0. The molecule has 3 rings (SSSR count). The Balaban J connectivity index is 1.91. The van der Waals surface area contributed by atoms with Crippen LogP contribution in [0.4, 0.5) is 5.69 Å². The average Bonchev–Trinajstić information content (AvgIpc) is 2.83. The highest BCUT2D eigenvalue weighted by atomic mass is 16.3. The second-order valence-corrected chi connectivity index (χ2v) is 5.90. The highest BCUT2D eigenvalue weighted by Crippen LogP contribution is 2.26. The van der Waals surface area contributed by atoms with Gasteiger partial charge in [-0.25, -0.2) is 0 Å². The fourth-order valence-electron chi connectivity index (χ4n) is 2.88. The molecule has 1 aromatic carbocycles. The van der Waals surface area contributed by atoms with Gasteiger partial charge in [0.05, 0.1) is 0 Å². The Morgan fingerprint density at radius 3 is 2.90 bits per heavy atom. The van der Waals surface area contributed by atoms with Crippen LogP contribution in [0.2, 0.25) is 0 Å². The number of likely N-dealkylation sites (tertiary alicyclic amines) is 1. The molecule has 2 unspecified atom stereocenters. The van der Waals surface area contributed by atoms with E-state index in [9.17, 15) is 4.79 Å². The molecule has 0 aliphatic carbocycles. The van der Waals surface area contributed by atoms with Crippen LogP contribution in [0.3, 0.4) is 0 Å². The van der Waals surface area contributed by atoms with Crippen molar-refractivity contribution in [2.24, 2.45) is 5.92 Å². The molecule has 4 nitrogen and oxygen atoms in total. The van der Waals surface area contributed by atoms with E-state index in [1.807, 2.05) is 17.0 Å². The lowest BCUT2D eigenvalue weighted by atomic mass is 9.95. The van der Waals surface area contributed by atoms with Crippen molar-refractivity contribution in [1.29, 1.82) is 0 Å². The lowest BCUT2D eigenvalue weighted by Crippen LogP contribution is -2.44. The molecule has 1 aliphatic heterocycles. The molecule has 0 saturated carbocycles. The third-order valence-electron chi connectivity index (χ3n) is 4.13. The fraction of sp³-hybridized carbons (Fsp3) is 0.438. The van der Waals surface area contributed by atoms with E-state index >= 15 is 0 Å². The second-order valence-electron chi connectivity index (χ2n) is 5.90. The molecule has 1 aliphatic rings. The number of nitrogens with two attached hydrogens (primary N) is 1. The predicted molar refractivity (Wildman–Crippen MR) is 79.5 cm³/mol. The molecule has 2 atom stereocenters. The summed E-state index contributed by atoms with van der Waals surface area (Å²) < 4.78 is 5.67. The monoisotopic (exact) mass is 272 g/mol. The number of benzene rings is 1.